The molecule has 0 saturated heterocycles. The van der Waals surface area contributed by atoms with Gasteiger partial charge in [-0.2, -0.15) is 0 Å². The second-order valence-corrected chi connectivity index (χ2v) is 8.37. The van der Waals surface area contributed by atoms with Crippen molar-refractivity contribution in [3.63, 3.8) is 0 Å². The summed E-state index contributed by atoms with van der Waals surface area (Å²) in [6.07, 6.45) is 0. The van der Waals surface area contributed by atoms with E-state index in [1.54, 1.807) is 0 Å². The van der Waals surface area contributed by atoms with Crippen molar-refractivity contribution in [2.75, 3.05) is 35.6 Å². The Kier molecular flexibility index (Phi) is 5.57. The molecule has 0 aliphatic carbocycles. The Morgan fingerprint density at radius 1 is 1.21 bits per heavy atom. The van der Waals surface area contributed by atoms with Gasteiger partial charge in [0.05, 0.1) is 22.9 Å². The van der Waals surface area contributed by atoms with E-state index in [-0.39, 0.29) is 6.61 Å². The molecular formula is C21H24N4O2S. The predicted molar refractivity (Wildman–Crippen MR) is 114 cm³/mol. The van der Waals surface area contributed by atoms with Gasteiger partial charge in [-0.15, -0.1) is 0 Å². The number of pyridine rings is 1. The van der Waals surface area contributed by atoms with Crippen LogP contribution in [-0.4, -0.2) is 39.7 Å². The van der Waals surface area contributed by atoms with Crippen LogP contribution in [0.1, 0.15) is 11.1 Å². The zero-order valence-corrected chi connectivity index (χ0v) is 16.4. The van der Waals surface area contributed by atoms with Crippen LogP contribution in [0.2, 0.25) is 0 Å². The highest BCUT2D eigenvalue weighted by Crippen LogP contribution is 2.30. The zero-order chi connectivity index (χ0) is 19.5. The van der Waals surface area contributed by atoms with Crippen LogP contribution in [0.3, 0.4) is 0 Å². The fraction of sp³-hybridized carbons (Fsp3) is 0.286. The number of hydrogen-bond acceptors (Lipinski definition) is 6. The van der Waals surface area contributed by atoms with Crippen LogP contribution in [0.15, 0.2) is 53.4 Å². The summed E-state index contributed by atoms with van der Waals surface area (Å²) in [6.45, 7) is 2.50. The molecule has 146 valence electrons. The highest BCUT2D eigenvalue weighted by Gasteiger charge is 2.21. The van der Waals surface area contributed by atoms with Gasteiger partial charge in [-0.25, -0.2) is 4.98 Å². The Labute approximate surface area is 166 Å². The van der Waals surface area contributed by atoms with Gasteiger partial charge in [0.1, 0.15) is 5.82 Å². The van der Waals surface area contributed by atoms with Crippen LogP contribution in [0.4, 0.5) is 11.5 Å². The third kappa shape index (κ3) is 3.73. The number of aromatic nitrogens is 1. The van der Waals surface area contributed by atoms with E-state index >= 15 is 0 Å². The van der Waals surface area contributed by atoms with Crippen LogP contribution in [-0.2, 0) is 24.0 Å². The van der Waals surface area contributed by atoms with Gasteiger partial charge in [0, 0.05) is 54.0 Å². The predicted octanol–water partition coefficient (Wildman–Crippen LogP) is 2.23. The number of hydrogen-bond donors (Lipinski definition) is 3. The minimum atomic E-state index is -0.998. The van der Waals surface area contributed by atoms with Gasteiger partial charge in [-0.3, -0.25) is 4.21 Å². The topological polar surface area (TPSA) is 91.5 Å². The summed E-state index contributed by atoms with van der Waals surface area (Å²) in [6, 6.07) is 15.7. The zero-order valence-electron chi connectivity index (χ0n) is 15.6. The maximum atomic E-state index is 12.6. The van der Waals surface area contributed by atoms with Gasteiger partial charge in [0.15, 0.2) is 0 Å². The van der Waals surface area contributed by atoms with Gasteiger partial charge in [-0.1, -0.05) is 24.3 Å². The summed E-state index contributed by atoms with van der Waals surface area (Å²) in [5.74, 6) is 1.42. The minimum Gasteiger partial charge on any atom is -0.392 e. The molecule has 1 aliphatic rings. The summed E-state index contributed by atoms with van der Waals surface area (Å²) in [5.41, 5.74) is 9.40. The number of benzene rings is 2. The molecule has 1 atom stereocenters. The summed E-state index contributed by atoms with van der Waals surface area (Å²) < 4.78 is 12.6. The van der Waals surface area contributed by atoms with Gasteiger partial charge in [-0.05, 0) is 29.3 Å². The summed E-state index contributed by atoms with van der Waals surface area (Å²) >= 11 is 0. The second-order valence-electron chi connectivity index (χ2n) is 6.83. The van der Waals surface area contributed by atoms with Crippen LogP contribution in [0.5, 0.6) is 0 Å². The number of aliphatic hydroxyl groups excluding tert-OH is 1. The van der Waals surface area contributed by atoms with Gasteiger partial charge >= 0.3 is 0 Å². The number of nitrogens with zero attached hydrogens (tertiary/aromatic N) is 2. The molecule has 0 fully saturated rings. The number of fused-ring (bicyclic) bond motifs is 2. The normalized spacial score (nSPS) is 16.6. The van der Waals surface area contributed by atoms with Crippen molar-refractivity contribution in [1.29, 1.82) is 0 Å². The molecule has 2 aromatic carbocycles. The molecular weight excluding hydrogens is 372 g/mol. The largest absolute Gasteiger partial charge is 0.392 e. The quantitative estimate of drug-likeness (QED) is 0.613. The van der Waals surface area contributed by atoms with E-state index in [0.29, 0.717) is 31.9 Å². The summed E-state index contributed by atoms with van der Waals surface area (Å²) in [5, 5.41) is 13.8. The highest BCUT2D eigenvalue weighted by atomic mass is 32.2. The van der Waals surface area contributed by atoms with E-state index in [1.807, 2.05) is 48.5 Å². The number of nitrogens with two attached hydrogens (primary N) is 1. The van der Waals surface area contributed by atoms with Crippen LogP contribution in [0.25, 0.3) is 10.9 Å². The van der Waals surface area contributed by atoms with Crippen LogP contribution in [0, 0.1) is 0 Å². The van der Waals surface area contributed by atoms with E-state index in [2.05, 4.69) is 10.2 Å². The van der Waals surface area contributed by atoms with Crippen molar-refractivity contribution in [2.24, 2.45) is 5.73 Å². The lowest BCUT2D eigenvalue weighted by Gasteiger charge is -2.23. The highest BCUT2D eigenvalue weighted by molar-refractivity contribution is 7.85. The molecule has 1 aliphatic heterocycles. The molecule has 4 N–H and O–H groups in total. The maximum Gasteiger partial charge on any atom is 0.131 e. The Balaban J connectivity index is 1.77. The third-order valence-corrected chi connectivity index (χ3v) is 6.39. The average molecular weight is 397 g/mol. The first-order valence-corrected chi connectivity index (χ1v) is 10.7. The molecule has 1 aromatic heterocycles. The van der Waals surface area contributed by atoms with Gasteiger partial charge in [0.2, 0.25) is 0 Å². The molecule has 6 nitrogen and oxygen atoms in total. The first-order chi connectivity index (χ1) is 13.7. The lowest BCUT2D eigenvalue weighted by molar-refractivity contribution is 0.282. The van der Waals surface area contributed by atoms with Gasteiger partial charge < -0.3 is 21.1 Å². The van der Waals surface area contributed by atoms with E-state index in [0.717, 1.165) is 38.4 Å². The Morgan fingerprint density at radius 2 is 2.07 bits per heavy atom. The Morgan fingerprint density at radius 3 is 2.89 bits per heavy atom. The first kappa shape index (κ1) is 18.9. The van der Waals surface area contributed by atoms with E-state index in [1.165, 1.54) is 0 Å². The molecule has 7 heteroatoms. The maximum absolute atomic E-state index is 12.6. The van der Waals surface area contributed by atoms with Crippen molar-refractivity contribution in [3.05, 3.63) is 59.7 Å². The molecule has 4 rings (SSSR count). The molecule has 2 heterocycles. The summed E-state index contributed by atoms with van der Waals surface area (Å²) in [4.78, 5) is 7.95. The Bertz CT molecular complexity index is 1020. The fourth-order valence-electron chi connectivity index (χ4n) is 3.51. The number of rotatable bonds is 5. The molecule has 3 aromatic rings. The van der Waals surface area contributed by atoms with Crippen molar-refractivity contribution in [1.82, 2.24) is 4.98 Å². The molecule has 0 radical (unpaired) electrons. The van der Waals surface area contributed by atoms with Crippen LogP contribution >= 0.6 is 0 Å². The van der Waals surface area contributed by atoms with E-state index in [4.69, 9.17) is 10.7 Å². The third-order valence-electron chi connectivity index (χ3n) is 4.95. The molecule has 1 unspecified atom stereocenters. The molecule has 0 bridgehead atoms. The first-order valence-electron chi connectivity index (χ1n) is 9.39. The minimum absolute atomic E-state index is 0.0112. The van der Waals surface area contributed by atoms with Crippen molar-refractivity contribution in [2.45, 2.75) is 18.0 Å². The smallest absolute Gasteiger partial charge is 0.131 e. The van der Waals surface area contributed by atoms with Crippen molar-refractivity contribution in [3.8, 4) is 0 Å². The second kappa shape index (κ2) is 8.26. The molecule has 0 amide bonds. The number of aliphatic hydroxyl groups is 1. The van der Waals surface area contributed by atoms with Crippen molar-refractivity contribution >= 4 is 33.2 Å². The monoisotopic (exact) mass is 396 g/mol. The number of nitrogens with one attached hydrogen (secondary N) is 1. The lowest BCUT2D eigenvalue weighted by Crippen LogP contribution is -2.26. The van der Waals surface area contributed by atoms with Crippen LogP contribution < -0.4 is 16.0 Å². The lowest BCUT2D eigenvalue weighted by atomic mass is 10.1. The standard InChI is InChI=1S/C21H24N4O2S/c22-7-8-23-19-12-21(24-18-6-5-15(14-26)11-17(18)19)25-9-10-28(27)20-4-2-1-3-16(20)13-25/h1-6,11-12,26H,7-10,13-14,22H2,(H,23,24). The fourth-order valence-corrected chi connectivity index (χ4v) is 4.77. The molecule has 0 saturated carbocycles. The van der Waals surface area contributed by atoms with E-state index < -0.39 is 10.8 Å². The number of anilines is 2. The molecule has 0 spiro atoms. The average Bonchev–Trinajstić information content (AvgIpc) is 2.90. The van der Waals surface area contributed by atoms with Crippen molar-refractivity contribution < 1.29 is 9.32 Å². The SMILES string of the molecule is NCCNc1cc(N2CCS(=O)c3ccccc3C2)nc2ccc(CO)cc12. The Hall–Kier alpha value is -2.48. The van der Waals surface area contributed by atoms with Gasteiger partial charge in [0.25, 0.3) is 0 Å². The van der Waals surface area contributed by atoms with E-state index in [9.17, 15) is 9.32 Å². The molecule has 28 heavy (non-hydrogen) atoms. The summed E-state index contributed by atoms with van der Waals surface area (Å²) in [7, 11) is -0.998.